The molecule has 0 bridgehead atoms. The Morgan fingerprint density at radius 3 is 2.67 bits per heavy atom. The lowest BCUT2D eigenvalue weighted by molar-refractivity contribution is -0.139. The number of carbonyl (C=O) groups is 2. The van der Waals surface area contributed by atoms with Gasteiger partial charge in [-0.1, -0.05) is 30.3 Å². The second-order valence-electron chi connectivity index (χ2n) is 5.36. The summed E-state index contributed by atoms with van der Waals surface area (Å²) >= 11 is 0. The molecule has 2 N–H and O–H groups in total. The van der Waals surface area contributed by atoms with Crippen molar-refractivity contribution in [3.8, 4) is 11.3 Å². The number of hydrogen-bond donors (Lipinski definition) is 2. The van der Waals surface area contributed by atoms with E-state index in [-0.39, 0.29) is 12.6 Å². The summed E-state index contributed by atoms with van der Waals surface area (Å²) in [4.78, 5) is 24.1. The number of rotatable bonds is 4. The van der Waals surface area contributed by atoms with Gasteiger partial charge in [-0.15, -0.1) is 0 Å². The maximum absolute atomic E-state index is 12.3. The molecular weight excluding hydrogens is 308 g/mol. The van der Waals surface area contributed by atoms with Gasteiger partial charge in [-0.05, 0) is 26.0 Å². The molecule has 0 aliphatic carbocycles. The minimum absolute atomic E-state index is 0.254. The van der Waals surface area contributed by atoms with Gasteiger partial charge in [-0.2, -0.15) is 0 Å². The predicted octanol–water partition coefficient (Wildman–Crippen LogP) is 3.14. The normalized spacial score (nSPS) is 17.2. The van der Waals surface area contributed by atoms with E-state index in [2.05, 4.69) is 10.6 Å². The molecule has 2 heterocycles. The first-order chi connectivity index (χ1) is 11.6. The predicted molar refractivity (Wildman–Crippen MR) is 87.9 cm³/mol. The van der Waals surface area contributed by atoms with Gasteiger partial charge < -0.3 is 19.8 Å². The zero-order chi connectivity index (χ0) is 17.1. The highest BCUT2D eigenvalue weighted by molar-refractivity contribution is 5.94. The molecule has 124 valence electrons. The van der Waals surface area contributed by atoms with Crippen LogP contribution in [0.25, 0.3) is 11.3 Å². The lowest BCUT2D eigenvalue weighted by atomic mass is 10.0. The standard InChI is InChI=1S/C18H18N2O4/c1-3-23-17(21)15-11(2)19-18(22)20-16(15)14-10-9-13(24-14)12-7-5-4-6-8-12/h4-10,16H,3H2,1-2H3,(H2,19,20,22)/t16-/m1/s1. The molecule has 0 fully saturated rings. The molecule has 6 heteroatoms. The minimum atomic E-state index is -0.685. The number of hydrogen-bond acceptors (Lipinski definition) is 4. The van der Waals surface area contributed by atoms with Gasteiger partial charge in [-0.25, -0.2) is 9.59 Å². The highest BCUT2D eigenvalue weighted by Crippen LogP contribution is 2.31. The number of allylic oxidation sites excluding steroid dienone is 1. The monoisotopic (exact) mass is 326 g/mol. The number of carbonyl (C=O) groups excluding carboxylic acids is 2. The molecule has 0 saturated heterocycles. The van der Waals surface area contributed by atoms with Crippen LogP contribution >= 0.6 is 0 Å². The summed E-state index contributed by atoms with van der Waals surface area (Å²) in [6.07, 6.45) is 0. The van der Waals surface area contributed by atoms with E-state index < -0.39 is 12.0 Å². The number of urea groups is 1. The van der Waals surface area contributed by atoms with E-state index in [1.165, 1.54) is 0 Å². The van der Waals surface area contributed by atoms with Crippen molar-refractivity contribution in [1.82, 2.24) is 10.6 Å². The second kappa shape index (κ2) is 6.62. The zero-order valence-electron chi connectivity index (χ0n) is 13.5. The second-order valence-corrected chi connectivity index (χ2v) is 5.36. The number of benzene rings is 1. The van der Waals surface area contributed by atoms with Crippen LogP contribution in [-0.2, 0) is 9.53 Å². The minimum Gasteiger partial charge on any atom is -0.463 e. The summed E-state index contributed by atoms with van der Waals surface area (Å²) in [5.41, 5.74) is 1.72. The third-order valence-electron chi connectivity index (χ3n) is 3.73. The van der Waals surface area contributed by atoms with Crippen molar-refractivity contribution >= 4 is 12.0 Å². The zero-order valence-corrected chi connectivity index (χ0v) is 13.5. The van der Waals surface area contributed by atoms with Gasteiger partial charge in [0.1, 0.15) is 17.6 Å². The Bertz CT molecular complexity index is 792. The van der Waals surface area contributed by atoms with Crippen LogP contribution in [-0.4, -0.2) is 18.6 Å². The lowest BCUT2D eigenvalue weighted by Crippen LogP contribution is -2.45. The van der Waals surface area contributed by atoms with Crippen LogP contribution in [0, 0.1) is 0 Å². The SMILES string of the molecule is CCOC(=O)C1=C(C)NC(=O)N[C@@H]1c1ccc(-c2ccccc2)o1. The van der Waals surface area contributed by atoms with Crippen molar-refractivity contribution in [1.29, 1.82) is 0 Å². The van der Waals surface area contributed by atoms with E-state index in [0.29, 0.717) is 22.8 Å². The van der Waals surface area contributed by atoms with E-state index in [1.807, 2.05) is 36.4 Å². The lowest BCUT2D eigenvalue weighted by Gasteiger charge is -2.26. The molecule has 0 saturated carbocycles. The van der Waals surface area contributed by atoms with Crippen molar-refractivity contribution < 1.29 is 18.7 Å². The first-order valence-electron chi connectivity index (χ1n) is 7.70. The Labute approximate surface area is 139 Å². The highest BCUT2D eigenvalue weighted by Gasteiger charge is 2.34. The molecule has 0 spiro atoms. The highest BCUT2D eigenvalue weighted by atomic mass is 16.5. The van der Waals surface area contributed by atoms with Crippen molar-refractivity contribution in [2.75, 3.05) is 6.61 Å². The smallest absolute Gasteiger partial charge is 0.338 e. The van der Waals surface area contributed by atoms with Gasteiger partial charge >= 0.3 is 12.0 Å². The van der Waals surface area contributed by atoms with E-state index in [9.17, 15) is 9.59 Å². The summed E-state index contributed by atoms with van der Waals surface area (Å²) in [6, 6.07) is 12.1. The fourth-order valence-electron chi connectivity index (χ4n) is 2.65. The molecule has 1 aromatic carbocycles. The van der Waals surface area contributed by atoms with Crippen LogP contribution < -0.4 is 10.6 Å². The summed E-state index contributed by atoms with van der Waals surface area (Å²) in [5.74, 6) is 0.663. The number of nitrogens with one attached hydrogen (secondary N) is 2. The van der Waals surface area contributed by atoms with Crippen LogP contribution in [0.4, 0.5) is 4.79 Å². The quantitative estimate of drug-likeness (QED) is 0.846. The molecule has 1 aliphatic rings. The maximum Gasteiger partial charge on any atom is 0.338 e. The number of ether oxygens (including phenoxy) is 1. The average Bonchev–Trinajstić information content (AvgIpc) is 3.05. The van der Waals surface area contributed by atoms with Crippen molar-refractivity contribution in [2.24, 2.45) is 0 Å². The van der Waals surface area contributed by atoms with Crippen molar-refractivity contribution in [2.45, 2.75) is 19.9 Å². The first-order valence-corrected chi connectivity index (χ1v) is 7.70. The fraction of sp³-hybridized carbons (Fsp3) is 0.222. The third kappa shape index (κ3) is 3.03. The van der Waals surface area contributed by atoms with Gasteiger partial charge in [0.2, 0.25) is 0 Å². The van der Waals surface area contributed by atoms with E-state index in [4.69, 9.17) is 9.15 Å². The summed E-state index contributed by atoms with van der Waals surface area (Å²) in [6.45, 7) is 3.65. The molecule has 0 radical (unpaired) electrons. The number of esters is 1. The van der Waals surface area contributed by atoms with E-state index in [1.54, 1.807) is 19.9 Å². The topological polar surface area (TPSA) is 80.6 Å². The average molecular weight is 326 g/mol. The maximum atomic E-state index is 12.3. The van der Waals surface area contributed by atoms with E-state index >= 15 is 0 Å². The van der Waals surface area contributed by atoms with Gasteiger partial charge in [0, 0.05) is 11.3 Å². The van der Waals surface area contributed by atoms with Crippen LogP contribution in [0.3, 0.4) is 0 Å². The van der Waals surface area contributed by atoms with Crippen molar-refractivity contribution in [3.63, 3.8) is 0 Å². The Morgan fingerprint density at radius 1 is 1.21 bits per heavy atom. The summed E-state index contributed by atoms with van der Waals surface area (Å²) < 4.78 is 11.0. The first kappa shape index (κ1) is 15.9. The largest absolute Gasteiger partial charge is 0.463 e. The van der Waals surface area contributed by atoms with Gasteiger partial charge in [0.15, 0.2) is 0 Å². The molecule has 1 aromatic heterocycles. The fourth-order valence-corrected chi connectivity index (χ4v) is 2.65. The third-order valence-corrected chi connectivity index (χ3v) is 3.73. The van der Waals surface area contributed by atoms with Crippen LogP contribution in [0.2, 0.25) is 0 Å². The molecule has 6 nitrogen and oxygen atoms in total. The molecule has 0 unspecified atom stereocenters. The van der Waals surface area contributed by atoms with Gasteiger partial charge in [0.05, 0.1) is 12.2 Å². The van der Waals surface area contributed by atoms with E-state index in [0.717, 1.165) is 5.56 Å². The Kier molecular flexibility index (Phi) is 4.37. The van der Waals surface area contributed by atoms with Crippen molar-refractivity contribution in [3.05, 3.63) is 59.5 Å². The Hall–Kier alpha value is -3.02. The Morgan fingerprint density at radius 2 is 1.96 bits per heavy atom. The van der Waals surface area contributed by atoms with Gasteiger partial charge in [-0.3, -0.25) is 0 Å². The molecule has 3 rings (SSSR count). The Balaban J connectivity index is 1.97. The van der Waals surface area contributed by atoms with Crippen LogP contribution in [0.1, 0.15) is 25.6 Å². The van der Waals surface area contributed by atoms with Crippen LogP contribution in [0.15, 0.2) is 58.2 Å². The molecule has 1 atom stereocenters. The van der Waals surface area contributed by atoms with Crippen LogP contribution in [0.5, 0.6) is 0 Å². The number of furan rings is 1. The molecule has 1 aliphatic heterocycles. The molecule has 2 amide bonds. The molecular formula is C18H18N2O4. The summed E-state index contributed by atoms with van der Waals surface area (Å²) in [7, 11) is 0. The van der Waals surface area contributed by atoms with Gasteiger partial charge in [0.25, 0.3) is 0 Å². The number of amides is 2. The molecule has 24 heavy (non-hydrogen) atoms. The molecule has 2 aromatic rings. The summed E-state index contributed by atoms with van der Waals surface area (Å²) in [5, 5.41) is 5.31.